The summed E-state index contributed by atoms with van der Waals surface area (Å²) in [5, 5.41) is 3.75. The van der Waals surface area contributed by atoms with Crippen molar-refractivity contribution in [1.29, 1.82) is 0 Å². The number of aromatic nitrogens is 1. The number of nitrogen functional groups attached to an aromatic ring is 1. The maximum absolute atomic E-state index is 12.2. The number of carbonyl (C=O) groups excluding carboxylic acids is 2. The zero-order valence-electron chi connectivity index (χ0n) is 13.9. The van der Waals surface area contributed by atoms with E-state index in [0.717, 1.165) is 44.3 Å². The fraction of sp³-hybridized carbons (Fsp3) is 0.688. The summed E-state index contributed by atoms with van der Waals surface area (Å²) in [4.78, 5) is 30.9. The molecule has 132 valence electrons. The van der Waals surface area contributed by atoms with Crippen LogP contribution < -0.4 is 11.1 Å². The zero-order valence-corrected chi connectivity index (χ0v) is 14.7. The highest BCUT2D eigenvalue weighted by molar-refractivity contribution is 7.15. The Bertz CT molecular complexity index is 618. The van der Waals surface area contributed by atoms with Gasteiger partial charge < -0.3 is 20.7 Å². The number of nitrogens with zero attached hydrogens (tertiary/aromatic N) is 2. The lowest BCUT2D eigenvalue weighted by atomic mass is 9.97. The predicted molar refractivity (Wildman–Crippen MR) is 91.8 cm³/mol. The van der Waals surface area contributed by atoms with Gasteiger partial charge in [-0.25, -0.2) is 9.78 Å². The van der Waals surface area contributed by atoms with E-state index < -0.39 is 0 Å². The number of fused-ring (bicyclic) bond motifs is 1. The van der Waals surface area contributed by atoms with Crippen LogP contribution in [0.25, 0.3) is 0 Å². The van der Waals surface area contributed by atoms with Crippen LogP contribution in [0, 0.1) is 5.92 Å². The van der Waals surface area contributed by atoms with E-state index in [0.29, 0.717) is 24.0 Å². The summed E-state index contributed by atoms with van der Waals surface area (Å²) in [7, 11) is 1.40. The third kappa shape index (κ3) is 3.98. The Kier molecular flexibility index (Phi) is 5.23. The molecule has 2 amide bonds. The highest BCUT2D eigenvalue weighted by Gasteiger charge is 2.28. The molecule has 1 aliphatic heterocycles. The van der Waals surface area contributed by atoms with Gasteiger partial charge in [-0.3, -0.25) is 4.79 Å². The van der Waals surface area contributed by atoms with Crippen LogP contribution in [0.5, 0.6) is 0 Å². The number of nitrogens with one attached hydrogen (secondary N) is 1. The summed E-state index contributed by atoms with van der Waals surface area (Å²) >= 11 is 1.53. The van der Waals surface area contributed by atoms with Crippen LogP contribution in [0.1, 0.15) is 36.3 Å². The monoisotopic (exact) mass is 352 g/mol. The van der Waals surface area contributed by atoms with Gasteiger partial charge in [-0.15, -0.1) is 11.3 Å². The molecule has 1 saturated heterocycles. The zero-order chi connectivity index (χ0) is 17.1. The lowest BCUT2D eigenvalue weighted by Crippen LogP contribution is -2.38. The number of rotatable bonds is 4. The quantitative estimate of drug-likeness (QED) is 0.857. The molecule has 2 heterocycles. The van der Waals surface area contributed by atoms with E-state index in [9.17, 15) is 9.59 Å². The van der Waals surface area contributed by atoms with Gasteiger partial charge in [0.15, 0.2) is 5.13 Å². The van der Waals surface area contributed by atoms with Crippen molar-refractivity contribution in [2.45, 2.75) is 44.6 Å². The van der Waals surface area contributed by atoms with Crippen LogP contribution in [0.2, 0.25) is 0 Å². The number of hydrogen-bond acceptors (Lipinski definition) is 6. The second-order valence-corrected chi connectivity index (χ2v) is 7.65. The number of aryl methyl sites for hydroxylation is 1. The first-order chi connectivity index (χ1) is 11.5. The molecule has 3 N–H and O–H groups in total. The molecule has 2 atom stereocenters. The fourth-order valence-electron chi connectivity index (χ4n) is 3.52. The van der Waals surface area contributed by atoms with Gasteiger partial charge in [0, 0.05) is 36.9 Å². The van der Waals surface area contributed by atoms with Crippen molar-refractivity contribution in [3.63, 3.8) is 0 Å². The molecule has 2 unspecified atom stereocenters. The van der Waals surface area contributed by atoms with Crippen molar-refractivity contribution >= 4 is 28.5 Å². The second-order valence-electron chi connectivity index (χ2n) is 6.54. The van der Waals surface area contributed by atoms with Crippen molar-refractivity contribution in [2.24, 2.45) is 5.92 Å². The minimum atomic E-state index is -0.274. The van der Waals surface area contributed by atoms with Crippen molar-refractivity contribution in [1.82, 2.24) is 15.2 Å². The summed E-state index contributed by atoms with van der Waals surface area (Å²) in [5.74, 6) is 0.478. The predicted octanol–water partition coefficient (Wildman–Crippen LogP) is 1.57. The molecule has 0 bridgehead atoms. The molecule has 24 heavy (non-hydrogen) atoms. The Morgan fingerprint density at radius 3 is 3.08 bits per heavy atom. The molecule has 1 aromatic heterocycles. The highest BCUT2D eigenvalue weighted by atomic mass is 32.1. The van der Waals surface area contributed by atoms with Gasteiger partial charge in [-0.05, 0) is 31.6 Å². The molecule has 0 aromatic carbocycles. The summed E-state index contributed by atoms with van der Waals surface area (Å²) in [5.41, 5.74) is 6.84. The number of likely N-dealkylation sites (tertiary alicyclic amines) is 1. The number of nitrogens with two attached hydrogens (primary N) is 1. The topological polar surface area (TPSA) is 97.5 Å². The number of thiazole rings is 1. The van der Waals surface area contributed by atoms with Gasteiger partial charge in [0.1, 0.15) is 0 Å². The first kappa shape index (κ1) is 17.0. The Hall–Kier alpha value is -1.83. The number of anilines is 1. The second kappa shape index (κ2) is 7.38. The third-order valence-electron chi connectivity index (χ3n) is 4.82. The number of methoxy groups -OCH3 is 1. The molecule has 1 aromatic rings. The van der Waals surface area contributed by atoms with Gasteiger partial charge >= 0.3 is 6.09 Å². The lowest BCUT2D eigenvalue weighted by molar-refractivity contribution is -0.122. The molecular formula is C16H24N4O3S. The van der Waals surface area contributed by atoms with Crippen LogP contribution in [-0.4, -0.2) is 48.1 Å². The van der Waals surface area contributed by atoms with Gasteiger partial charge in [0.25, 0.3) is 0 Å². The largest absolute Gasteiger partial charge is 0.453 e. The third-order valence-corrected chi connectivity index (χ3v) is 5.77. The van der Waals surface area contributed by atoms with Crippen molar-refractivity contribution in [2.75, 3.05) is 25.9 Å². The van der Waals surface area contributed by atoms with E-state index in [1.807, 2.05) is 0 Å². The summed E-state index contributed by atoms with van der Waals surface area (Å²) in [6.45, 7) is 1.41. The Balaban J connectivity index is 1.40. The van der Waals surface area contributed by atoms with Gasteiger partial charge in [0.05, 0.1) is 12.8 Å². The van der Waals surface area contributed by atoms with Crippen LogP contribution >= 0.6 is 11.3 Å². The molecule has 0 spiro atoms. The van der Waals surface area contributed by atoms with Crippen LogP contribution in [0.3, 0.4) is 0 Å². The normalized spacial score (nSPS) is 23.0. The maximum atomic E-state index is 12.2. The minimum Gasteiger partial charge on any atom is -0.453 e. The van der Waals surface area contributed by atoms with Crippen molar-refractivity contribution in [3.05, 3.63) is 10.6 Å². The van der Waals surface area contributed by atoms with Crippen molar-refractivity contribution in [3.8, 4) is 0 Å². The first-order valence-corrected chi connectivity index (χ1v) is 9.23. The molecule has 3 rings (SSSR count). The van der Waals surface area contributed by atoms with Crippen molar-refractivity contribution < 1.29 is 14.3 Å². The van der Waals surface area contributed by atoms with E-state index in [2.05, 4.69) is 10.3 Å². The summed E-state index contributed by atoms with van der Waals surface area (Å²) < 4.78 is 4.73. The lowest BCUT2D eigenvalue weighted by Gasteiger charge is -2.22. The number of ether oxygens (including phenoxy) is 1. The minimum absolute atomic E-state index is 0.0949. The van der Waals surface area contributed by atoms with E-state index >= 15 is 0 Å². The van der Waals surface area contributed by atoms with Gasteiger partial charge in [-0.1, -0.05) is 0 Å². The molecule has 8 heteroatoms. The standard InChI is InChI=1S/C16H24N4O3S/c1-23-16(22)20-7-6-10(9-20)2-5-14(21)18-11-3-4-12-13(8-11)24-15(17)19-12/h10-11H,2-9H2,1H3,(H2,17,19)(H,18,21). The molecule has 1 aliphatic carbocycles. The van der Waals surface area contributed by atoms with Crippen LogP contribution in [0.15, 0.2) is 0 Å². The van der Waals surface area contributed by atoms with Gasteiger partial charge in [0.2, 0.25) is 5.91 Å². The van der Waals surface area contributed by atoms with Crippen LogP contribution in [-0.2, 0) is 22.4 Å². The molecule has 1 fully saturated rings. The molecule has 2 aliphatic rings. The number of amides is 2. The average Bonchev–Trinajstić information content (AvgIpc) is 3.17. The Morgan fingerprint density at radius 1 is 1.46 bits per heavy atom. The molecule has 0 saturated carbocycles. The molecule has 0 radical (unpaired) electrons. The SMILES string of the molecule is COC(=O)N1CCC(CCC(=O)NC2CCc3nc(N)sc3C2)C1. The molecule has 7 nitrogen and oxygen atoms in total. The fourth-order valence-corrected chi connectivity index (χ4v) is 4.47. The maximum Gasteiger partial charge on any atom is 0.409 e. The highest BCUT2D eigenvalue weighted by Crippen LogP contribution is 2.28. The molecular weight excluding hydrogens is 328 g/mol. The van der Waals surface area contributed by atoms with E-state index in [4.69, 9.17) is 10.5 Å². The average molecular weight is 352 g/mol. The first-order valence-electron chi connectivity index (χ1n) is 8.41. The van der Waals surface area contributed by atoms with Crippen LogP contribution in [0.4, 0.5) is 9.93 Å². The van der Waals surface area contributed by atoms with E-state index in [1.165, 1.54) is 23.3 Å². The summed E-state index contributed by atoms with van der Waals surface area (Å²) in [6, 6.07) is 0.181. The summed E-state index contributed by atoms with van der Waals surface area (Å²) in [6.07, 6.45) is 4.61. The Morgan fingerprint density at radius 2 is 2.29 bits per heavy atom. The number of hydrogen-bond donors (Lipinski definition) is 2. The van der Waals surface area contributed by atoms with Gasteiger partial charge in [-0.2, -0.15) is 0 Å². The smallest absolute Gasteiger partial charge is 0.409 e. The number of carbonyl (C=O) groups is 2. The van der Waals surface area contributed by atoms with E-state index in [-0.39, 0.29) is 18.0 Å². The van der Waals surface area contributed by atoms with E-state index in [1.54, 1.807) is 4.90 Å². The Labute approximate surface area is 145 Å².